The number of hydrogen-bond donors (Lipinski definition) is 2. The summed E-state index contributed by atoms with van der Waals surface area (Å²) in [6.07, 6.45) is 0. The van der Waals surface area contributed by atoms with Gasteiger partial charge in [-0.25, -0.2) is 0 Å². The zero-order chi connectivity index (χ0) is 14.0. The fraction of sp³-hybridized carbons (Fsp3) is 0.533. The lowest BCUT2D eigenvalue weighted by Gasteiger charge is -2.25. The Morgan fingerprint density at radius 2 is 2.26 bits per heavy atom. The average Bonchev–Trinajstić information content (AvgIpc) is 2.71. The van der Waals surface area contributed by atoms with Crippen molar-refractivity contribution in [1.29, 1.82) is 0 Å². The van der Waals surface area contributed by atoms with E-state index in [2.05, 4.69) is 25.2 Å². The van der Waals surface area contributed by atoms with E-state index in [0.717, 1.165) is 5.69 Å². The molecule has 0 radical (unpaired) electrons. The smallest absolute Gasteiger partial charge is 0.234 e. The van der Waals surface area contributed by atoms with Crippen LogP contribution in [0.15, 0.2) is 24.3 Å². The molecule has 4 heteroatoms. The summed E-state index contributed by atoms with van der Waals surface area (Å²) in [6.45, 7) is 6.93. The second kappa shape index (κ2) is 5.31. The maximum atomic E-state index is 12.4. The number of anilines is 1. The molecule has 0 aromatic heterocycles. The van der Waals surface area contributed by atoms with Gasteiger partial charge in [0.15, 0.2) is 0 Å². The Labute approximate surface area is 114 Å². The lowest BCUT2D eigenvalue weighted by Crippen LogP contribution is -2.47. The van der Waals surface area contributed by atoms with Crippen molar-refractivity contribution in [2.45, 2.75) is 32.7 Å². The van der Waals surface area contributed by atoms with E-state index in [1.807, 2.05) is 25.1 Å². The molecule has 2 rings (SSSR count). The van der Waals surface area contributed by atoms with Gasteiger partial charge in [0.25, 0.3) is 0 Å². The van der Waals surface area contributed by atoms with E-state index in [-0.39, 0.29) is 11.9 Å². The minimum atomic E-state index is -0.645. The standard InChI is InChI=1S/C15H22N2O2/c1-10(2)11-5-4-6-12(7-11)17-14(18)15(3)9-19-8-13(15)16/h4-7,10,13H,8-9,16H2,1-3H3,(H,17,18). The summed E-state index contributed by atoms with van der Waals surface area (Å²) in [4.78, 5) is 12.4. The van der Waals surface area contributed by atoms with Gasteiger partial charge >= 0.3 is 0 Å². The number of carbonyl (C=O) groups excluding carboxylic acids is 1. The van der Waals surface area contributed by atoms with Gasteiger partial charge in [-0.05, 0) is 30.5 Å². The summed E-state index contributed by atoms with van der Waals surface area (Å²) in [5.41, 5.74) is 7.33. The van der Waals surface area contributed by atoms with Gasteiger partial charge in [0, 0.05) is 11.7 Å². The Bertz CT molecular complexity index is 473. The van der Waals surface area contributed by atoms with Crippen LogP contribution in [0.5, 0.6) is 0 Å². The second-order valence-corrected chi connectivity index (χ2v) is 5.77. The van der Waals surface area contributed by atoms with Crippen LogP contribution in [0.3, 0.4) is 0 Å². The van der Waals surface area contributed by atoms with E-state index in [1.165, 1.54) is 5.56 Å². The molecule has 1 aliphatic heterocycles. The van der Waals surface area contributed by atoms with Crippen LogP contribution in [0.25, 0.3) is 0 Å². The summed E-state index contributed by atoms with van der Waals surface area (Å²) in [5, 5.41) is 2.95. The monoisotopic (exact) mass is 262 g/mol. The number of ether oxygens (including phenoxy) is 1. The van der Waals surface area contributed by atoms with Crippen LogP contribution in [0.2, 0.25) is 0 Å². The first-order valence-corrected chi connectivity index (χ1v) is 6.68. The van der Waals surface area contributed by atoms with E-state index in [4.69, 9.17) is 10.5 Å². The number of hydrogen-bond acceptors (Lipinski definition) is 3. The summed E-state index contributed by atoms with van der Waals surface area (Å²) < 4.78 is 5.31. The van der Waals surface area contributed by atoms with E-state index in [9.17, 15) is 4.79 Å². The summed E-state index contributed by atoms with van der Waals surface area (Å²) in [5.74, 6) is 0.364. The molecule has 1 saturated heterocycles. The Balaban J connectivity index is 2.13. The van der Waals surface area contributed by atoms with Gasteiger partial charge in [-0.1, -0.05) is 26.0 Å². The van der Waals surface area contributed by atoms with Crippen molar-refractivity contribution in [2.24, 2.45) is 11.1 Å². The highest BCUT2D eigenvalue weighted by atomic mass is 16.5. The van der Waals surface area contributed by atoms with Crippen molar-refractivity contribution in [3.05, 3.63) is 29.8 Å². The first kappa shape index (κ1) is 14.0. The molecule has 0 spiro atoms. The highest BCUT2D eigenvalue weighted by molar-refractivity contribution is 5.96. The van der Waals surface area contributed by atoms with Crippen LogP contribution in [0, 0.1) is 5.41 Å². The average molecular weight is 262 g/mol. The fourth-order valence-corrected chi connectivity index (χ4v) is 2.17. The quantitative estimate of drug-likeness (QED) is 0.877. The molecule has 0 bridgehead atoms. The van der Waals surface area contributed by atoms with Gasteiger partial charge in [0.1, 0.15) is 0 Å². The normalized spacial score (nSPS) is 26.7. The van der Waals surface area contributed by atoms with Crippen molar-refractivity contribution in [3.63, 3.8) is 0 Å². The molecule has 19 heavy (non-hydrogen) atoms. The van der Waals surface area contributed by atoms with E-state index >= 15 is 0 Å². The molecule has 4 nitrogen and oxygen atoms in total. The molecular weight excluding hydrogens is 240 g/mol. The van der Waals surface area contributed by atoms with Crippen LogP contribution in [-0.2, 0) is 9.53 Å². The van der Waals surface area contributed by atoms with Gasteiger partial charge in [-0.3, -0.25) is 4.79 Å². The number of rotatable bonds is 3. The number of benzene rings is 1. The van der Waals surface area contributed by atoms with Crippen molar-refractivity contribution in [2.75, 3.05) is 18.5 Å². The predicted octanol–water partition coefficient (Wildman–Crippen LogP) is 2.11. The number of nitrogens with two attached hydrogens (primary N) is 1. The lowest BCUT2D eigenvalue weighted by atomic mass is 9.84. The second-order valence-electron chi connectivity index (χ2n) is 5.77. The van der Waals surface area contributed by atoms with Gasteiger partial charge in [-0.15, -0.1) is 0 Å². The fourth-order valence-electron chi connectivity index (χ4n) is 2.17. The summed E-state index contributed by atoms with van der Waals surface area (Å²) in [6, 6.07) is 7.67. The third-order valence-corrected chi connectivity index (χ3v) is 3.85. The largest absolute Gasteiger partial charge is 0.379 e. The molecule has 1 aromatic rings. The Hall–Kier alpha value is -1.39. The van der Waals surface area contributed by atoms with Gasteiger partial charge in [-0.2, -0.15) is 0 Å². The SMILES string of the molecule is CC(C)c1cccc(NC(=O)C2(C)COCC2N)c1. The highest BCUT2D eigenvalue weighted by Gasteiger charge is 2.44. The number of carbonyl (C=O) groups is 1. The molecule has 0 aliphatic carbocycles. The molecule has 3 N–H and O–H groups in total. The maximum absolute atomic E-state index is 12.4. The summed E-state index contributed by atoms with van der Waals surface area (Å²) >= 11 is 0. The first-order valence-electron chi connectivity index (χ1n) is 6.68. The molecule has 1 heterocycles. The van der Waals surface area contributed by atoms with Gasteiger partial charge in [0.05, 0.1) is 18.6 Å². The minimum absolute atomic E-state index is 0.0709. The molecule has 2 atom stereocenters. The van der Waals surface area contributed by atoms with Crippen molar-refractivity contribution >= 4 is 11.6 Å². The third kappa shape index (κ3) is 2.80. The Morgan fingerprint density at radius 3 is 2.84 bits per heavy atom. The van der Waals surface area contributed by atoms with Gasteiger partial charge < -0.3 is 15.8 Å². The van der Waals surface area contributed by atoms with Crippen LogP contribution in [0.4, 0.5) is 5.69 Å². The molecular formula is C15H22N2O2. The molecule has 104 valence electrons. The topological polar surface area (TPSA) is 64.3 Å². The van der Waals surface area contributed by atoms with Crippen molar-refractivity contribution in [1.82, 2.24) is 0 Å². The van der Waals surface area contributed by atoms with Crippen LogP contribution >= 0.6 is 0 Å². The van der Waals surface area contributed by atoms with Gasteiger partial charge in [0.2, 0.25) is 5.91 Å². The highest BCUT2D eigenvalue weighted by Crippen LogP contribution is 2.29. The molecule has 2 unspecified atom stereocenters. The molecule has 1 aliphatic rings. The third-order valence-electron chi connectivity index (χ3n) is 3.85. The molecule has 1 amide bonds. The van der Waals surface area contributed by atoms with Crippen LogP contribution in [0.1, 0.15) is 32.3 Å². The molecule has 1 fully saturated rings. The summed E-state index contributed by atoms with van der Waals surface area (Å²) in [7, 11) is 0. The first-order chi connectivity index (χ1) is 8.93. The van der Waals surface area contributed by atoms with Crippen molar-refractivity contribution < 1.29 is 9.53 Å². The van der Waals surface area contributed by atoms with Crippen LogP contribution < -0.4 is 11.1 Å². The van der Waals surface area contributed by atoms with E-state index in [1.54, 1.807) is 0 Å². The minimum Gasteiger partial charge on any atom is -0.379 e. The van der Waals surface area contributed by atoms with E-state index < -0.39 is 5.41 Å². The van der Waals surface area contributed by atoms with Crippen LogP contribution in [-0.4, -0.2) is 25.2 Å². The zero-order valence-corrected chi connectivity index (χ0v) is 11.8. The number of nitrogens with one attached hydrogen (secondary N) is 1. The molecule has 0 saturated carbocycles. The number of amides is 1. The molecule has 1 aromatic carbocycles. The predicted molar refractivity (Wildman–Crippen MR) is 76.1 cm³/mol. The van der Waals surface area contributed by atoms with E-state index in [0.29, 0.717) is 19.1 Å². The van der Waals surface area contributed by atoms with Crippen molar-refractivity contribution in [3.8, 4) is 0 Å². The Morgan fingerprint density at radius 1 is 1.53 bits per heavy atom. The maximum Gasteiger partial charge on any atom is 0.234 e. The lowest BCUT2D eigenvalue weighted by molar-refractivity contribution is -0.125. The Kier molecular flexibility index (Phi) is 3.92. The zero-order valence-electron chi connectivity index (χ0n) is 11.8.